The molecule has 1 atom stereocenters. The lowest BCUT2D eigenvalue weighted by molar-refractivity contribution is -0.201. The van der Waals surface area contributed by atoms with E-state index in [-0.39, 0.29) is 0 Å². The number of alkyl halides is 5. The van der Waals surface area contributed by atoms with E-state index in [1.54, 1.807) is 15.9 Å². The van der Waals surface area contributed by atoms with E-state index in [1.807, 2.05) is 0 Å². The van der Waals surface area contributed by atoms with E-state index in [2.05, 4.69) is 0 Å². The highest BCUT2D eigenvalue weighted by molar-refractivity contribution is 9.10. The van der Waals surface area contributed by atoms with Crippen LogP contribution in [0, 0.1) is 0 Å². The van der Waals surface area contributed by atoms with E-state index in [1.165, 1.54) is 0 Å². The van der Waals surface area contributed by atoms with Gasteiger partial charge in [0.2, 0.25) is 0 Å². The summed E-state index contributed by atoms with van der Waals surface area (Å²) in [6.45, 7) is -1.61. The topological polar surface area (TPSA) is 20.2 Å². The number of aliphatic hydroxyl groups is 1. The van der Waals surface area contributed by atoms with Gasteiger partial charge in [0, 0.05) is 0 Å². The van der Waals surface area contributed by atoms with E-state index in [4.69, 9.17) is 5.11 Å². The van der Waals surface area contributed by atoms with E-state index in [0.29, 0.717) is 0 Å². The summed E-state index contributed by atoms with van der Waals surface area (Å²) in [4.78, 5) is 0. The first kappa shape index (κ1) is 9.16. The number of hydrogen-bond acceptors (Lipinski definition) is 1. The first-order valence-corrected chi connectivity index (χ1v) is 2.66. The molecule has 0 saturated heterocycles. The molecule has 0 aliphatic carbocycles. The average molecular weight is 211 g/mol. The molecule has 1 N–H and O–H groups in total. The van der Waals surface area contributed by atoms with Gasteiger partial charge in [-0.15, -0.1) is 0 Å². The van der Waals surface area contributed by atoms with Crippen molar-refractivity contribution in [2.24, 2.45) is 0 Å². The number of rotatable bonds is 1. The van der Waals surface area contributed by atoms with Crippen LogP contribution in [0.1, 0.15) is 0 Å². The third-order valence-electron chi connectivity index (χ3n) is 0.613. The molecule has 0 fully saturated rings. The van der Waals surface area contributed by atoms with Crippen molar-refractivity contribution in [2.75, 3.05) is 6.61 Å². The summed E-state index contributed by atoms with van der Waals surface area (Å²) in [7, 11) is 0. The Morgan fingerprint density at radius 1 is 1.22 bits per heavy atom. The van der Waals surface area contributed by atoms with Gasteiger partial charge >= 0.3 is 6.18 Å². The Balaban J connectivity index is 4.14. The fourth-order valence-corrected chi connectivity index (χ4v) is 0.0896. The summed E-state index contributed by atoms with van der Waals surface area (Å²) < 4.78 is 42.0. The van der Waals surface area contributed by atoms with Crippen LogP contribution in [-0.4, -0.2) is 22.5 Å². The van der Waals surface area contributed by atoms with Crippen molar-refractivity contribution in [1.29, 1.82) is 0 Å². The molecule has 0 amide bonds. The fraction of sp³-hybridized carbons (Fsp3) is 1.00. The lowest BCUT2D eigenvalue weighted by Crippen LogP contribution is -2.37. The molecule has 0 aliphatic heterocycles. The first-order chi connectivity index (χ1) is 3.81. The first-order valence-electron chi connectivity index (χ1n) is 1.86. The number of halogens is 5. The van der Waals surface area contributed by atoms with Gasteiger partial charge in [-0.1, -0.05) is 0 Å². The summed E-state index contributed by atoms with van der Waals surface area (Å²) in [5.74, 6) is 0. The molecule has 0 heterocycles. The van der Waals surface area contributed by atoms with Crippen molar-refractivity contribution < 1.29 is 22.7 Å². The third kappa shape index (κ3) is 2.09. The maximum Gasteiger partial charge on any atom is 0.435 e. The van der Waals surface area contributed by atoms with Crippen LogP contribution in [-0.2, 0) is 0 Å². The zero-order chi connectivity index (χ0) is 7.71. The molecule has 6 heteroatoms. The van der Waals surface area contributed by atoms with Crippen LogP contribution in [0.3, 0.4) is 0 Å². The minimum Gasteiger partial charge on any atom is -0.392 e. The Labute approximate surface area is 56.8 Å². The molecular weight excluding hydrogens is 208 g/mol. The van der Waals surface area contributed by atoms with Crippen molar-refractivity contribution in [3.05, 3.63) is 0 Å². The number of aliphatic hydroxyl groups excluding tert-OH is 1. The van der Waals surface area contributed by atoms with E-state index in [0.717, 1.165) is 0 Å². The van der Waals surface area contributed by atoms with Crippen LogP contribution >= 0.6 is 15.9 Å². The largest absolute Gasteiger partial charge is 0.435 e. The predicted molar refractivity (Wildman–Crippen MR) is 25.9 cm³/mol. The highest BCUT2D eigenvalue weighted by Crippen LogP contribution is 2.38. The zero-order valence-electron chi connectivity index (χ0n) is 4.04. The maximum atomic E-state index is 11.9. The molecule has 9 heavy (non-hydrogen) atoms. The molecule has 0 radical (unpaired) electrons. The molecule has 0 aromatic carbocycles. The fourth-order valence-electron chi connectivity index (χ4n) is 0.0896. The van der Waals surface area contributed by atoms with Crippen molar-refractivity contribution in [1.82, 2.24) is 0 Å². The Morgan fingerprint density at radius 2 is 1.56 bits per heavy atom. The van der Waals surface area contributed by atoms with Crippen molar-refractivity contribution in [3.63, 3.8) is 0 Å². The van der Waals surface area contributed by atoms with Crippen molar-refractivity contribution in [2.45, 2.75) is 10.8 Å². The van der Waals surface area contributed by atoms with E-state index in [9.17, 15) is 17.6 Å². The summed E-state index contributed by atoms with van der Waals surface area (Å²) in [6, 6.07) is 0. The van der Waals surface area contributed by atoms with Gasteiger partial charge in [0.25, 0.3) is 4.58 Å². The van der Waals surface area contributed by atoms with Crippen LogP contribution < -0.4 is 0 Å². The third-order valence-corrected chi connectivity index (χ3v) is 1.31. The van der Waals surface area contributed by atoms with Gasteiger partial charge in [-0.25, -0.2) is 4.39 Å². The normalized spacial score (nSPS) is 19.3. The molecule has 0 aromatic heterocycles. The quantitative estimate of drug-likeness (QED) is 0.515. The number of hydrogen-bond donors (Lipinski definition) is 1. The Hall–Kier alpha value is 0.160. The van der Waals surface area contributed by atoms with Crippen LogP contribution in [0.25, 0.3) is 0 Å². The SMILES string of the molecule is OCC(F)(Br)C(F)(F)F. The summed E-state index contributed by atoms with van der Waals surface area (Å²) in [6.07, 6.45) is -5.05. The van der Waals surface area contributed by atoms with Crippen molar-refractivity contribution >= 4 is 15.9 Å². The summed E-state index contributed by atoms with van der Waals surface area (Å²) >= 11 is 1.66. The molecule has 0 saturated carbocycles. The van der Waals surface area contributed by atoms with E-state index >= 15 is 0 Å². The average Bonchev–Trinajstić information content (AvgIpc) is 1.64. The maximum absolute atomic E-state index is 11.9. The molecular formula is C3H3BrF4O. The Bertz CT molecular complexity index is 98.5. The standard InChI is InChI=1S/C3H3BrF4O/c4-2(5,1-9)3(6,7)8/h9H,1H2. The van der Waals surface area contributed by atoms with Crippen molar-refractivity contribution in [3.8, 4) is 0 Å². The van der Waals surface area contributed by atoms with Gasteiger partial charge in [0.15, 0.2) is 0 Å². The lowest BCUT2D eigenvalue weighted by atomic mass is 10.4. The minimum absolute atomic E-state index is 1.61. The van der Waals surface area contributed by atoms with Crippen LogP contribution in [0.4, 0.5) is 17.6 Å². The second-order valence-electron chi connectivity index (χ2n) is 1.36. The van der Waals surface area contributed by atoms with Gasteiger partial charge in [-0.3, -0.25) is 0 Å². The summed E-state index contributed by atoms with van der Waals surface area (Å²) in [5, 5.41) is 7.79. The molecule has 0 rings (SSSR count). The smallest absolute Gasteiger partial charge is 0.392 e. The lowest BCUT2D eigenvalue weighted by Gasteiger charge is -2.17. The Kier molecular flexibility index (Phi) is 2.46. The molecule has 1 unspecified atom stereocenters. The predicted octanol–water partition coefficient (Wildman–Crippen LogP) is 1.60. The second-order valence-corrected chi connectivity index (χ2v) is 2.62. The second kappa shape index (κ2) is 2.42. The molecule has 1 nitrogen and oxygen atoms in total. The minimum atomic E-state index is -5.05. The van der Waals surface area contributed by atoms with Gasteiger partial charge in [0.05, 0.1) is 6.61 Å². The monoisotopic (exact) mass is 210 g/mol. The highest BCUT2D eigenvalue weighted by atomic mass is 79.9. The Morgan fingerprint density at radius 3 is 1.56 bits per heavy atom. The molecule has 0 spiro atoms. The highest BCUT2D eigenvalue weighted by Gasteiger charge is 2.53. The van der Waals surface area contributed by atoms with Gasteiger partial charge in [-0.05, 0) is 15.9 Å². The van der Waals surface area contributed by atoms with Gasteiger partial charge in [0.1, 0.15) is 0 Å². The molecule has 0 aliphatic rings. The molecule has 56 valence electrons. The van der Waals surface area contributed by atoms with Gasteiger partial charge in [-0.2, -0.15) is 13.2 Å². The van der Waals surface area contributed by atoms with Crippen LogP contribution in [0.15, 0.2) is 0 Å². The van der Waals surface area contributed by atoms with E-state index < -0.39 is 17.4 Å². The summed E-state index contributed by atoms with van der Waals surface area (Å²) in [5.41, 5.74) is 0. The van der Waals surface area contributed by atoms with Gasteiger partial charge < -0.3 is 5.11 Å². The van der Waals surface area contributed by atoms with Crippen LogP contribution in [0.5, 0.6) is 0 Å². The van der Waals surface area contributed by atoms with Crippen LogP contribution in [0.2, 0.25) is 0 Å². The molecule has 0 bridgehead atoms. The zero-order valence-corrected chi connectivity index (χ0v) is 5.63. The molecule has 0 aromatic rings.